The van der Waals surface area contributed by atoms with Crippen molar-refractivity contribution in [2.24, 2.45) is 20.5 Å². The van der Waals surface area contributed by atoms with Crippen LogP contribution < -0.4 is 45.8 Å². The highest BCUT2D eigenvalue weighted by atomic mass is 32.2. The number of hydrogen-bond acceptors (Lipinski definition) is 30. The Morgan fingerprint density at radius 3 is 1.24 bits per heavy atom. The Balaban J connectivity index is 1.08. The van der Waals surface area contributed by atoms with Gasteiger partial charge < -0.3 is 65.5 Å². The van der Waals surface area contributed by atoms with Crippen LogP contribution in [-0.4, -0.2) is 190 Å². The lowest BCUT2D eigenvalue weighted by Crippen LogP contribution is -2.36. The van der Waals surface area contributed by atoms with Gasteiger partial charge in [0, 0.05) is 88.2 Å². The fourth-order valence-corrected chi connectivity index (χ4v) is 12.9. The van der Waals surface area contributed by atoms with Crippen molar-refractivity contribution < 1.29 is 64.8 Å². The van der Waals surface area contributed by atoms with Crippen molar-refractivity contribution in [1.82, 2.24) is 24.9 Å². The zero-order valence-electron chi connectivity index (χ0n) is 54.8. The van der Waals surface area contributed by atoms with E-state index in [2.05, 4.69) is 41.3 Å². The van der Waals surface area contributed by atoms with E-state index in [0.717, 1.165) is 58.3 Å². The number of ether oxygens (including phenoxy) is 2. The second-order valence-corrected chi connectivity index (χ2v) is 26.7. The molecule has 7 aromatic rings. The van der Waals surface area contributed by atoms with E-state index in [-0.39, 0.29) is 86.7 Å². The monoisotopic (exact) mass is 1430 g/mol. The van der Waals surface area contributed by atoms with Gasteiger partial charge in [0.05, 0.1) is 81.7 Å². The number of thiazole rings is 2. The first kappa shape index (κ1) is 73.6. The van der Waals surface area contributed by atoms with Gasteiger partial charge in [0.15, 0.2) is 11.6 Å². The summed E-state index contributed by atoms with van der Waals surface area (Å²) in [5.41, 5.74) is 2.80. The minimum Gasteiger partial charge on any atom is -0.395 e. The van der Waals surface area contributed by atoms with Crippen LogP contribution in [0, 0.1) is 0 Å². The van der Waals surface area contributed by atoms with Crippen molar-refractivity contribution in [2.75, 3.05) is 151 Å². The SMILES string of the molecule is CCN(CC)c1ccc(/N=N/c2nc(N3CCOCC3)c(C=C(C(C)=O)C(=O)Nc3ccc(S(=O)(=O)O)cc3)s2)c(Nc2nc(Nc3cc(N(CC)CC)ccc3/N=N/c3nc(N4CCOCC4)c(/C=C(\C(C)=O)C(=O)Nc4ccc(S(=O)(=O)O)cc4)s3)nc(N(CCO)CCO)n2)c1. The first-order valence-corrected chi connectivity index (χ1v) is 35.8. The smallest absolute Gasteiger partial charge is 0.294 e. The number of amides is 2. The number of aliphatic hydroxyl groups excluding tert-OH is 2. The number of rotatable bonds is 31. The van der Waals surface area contributed by atoms with Crippen LogP contribution in [0.4, 0.5) is 85.2 Å². The number of morpholine rings is 2. The molecule has 5 heterocycles. The Morgan fingerprint density at radius 2 is 0.909 bits per heavy atom. The highest BCUT2D eigenvalue weighted by molar-refractivity contribution is 7.86. The minimum absolute atomic E-state index is 0.00651. The Kier molecular flexibility index (Phi) is 25.1. The fourth-order valence-electron chi connectivity index (χ4n) is 10.2. The summed E-state index contributed by atoms with van der Waals surface area (Å²) in [6.45, 7) is 15.7. The van der Waals surface area contributed by atoms with E-state index >= 15 is 0 Å². The number of carbonyl (C=O) groups excluding carboxylic acids is 4. The Hall–Kier alpha value is -9.63. The lowest BCUT2D eigenvalue weighted by molar-refractivity contribution is -0.120. The van der Waals surface area contributed by atoms with Crippen molar-refractivity contribution in [1.29, 1.82) is 0 Å². The summed E-state index contributed by atoms with van der Waals surface area (Å²) in [7, 11) is -9.01. The number of aliphatic hydroxyl groups is 2. The molecule has 0 saturated carbocycles. The molecule has 9 rings (SSSR count). The van der Waals surface area contributed by atoms with Gasteiger partial charge in [-0.1, -0.05) is 22.7 Å². The van der Waals surface area contributed by atoms with Crippen LogP contribution in [0.3, 0.4) is 0 Å². The molecule has 2 aliphatic heterocycles. The van der Waals surface area contributed by atoms with Crippen LogP contribution in [-0.2, 0) is 48.9 Å². The number of anilines is 11. The molecule has 0 radical (unpaired) electrons. The maximum atomic E-state index is 13.7. The maximum Gasteiger partial charge on any atom is 0.294 e. The Bertz CT molecular complexity index is 4140. The summed E-state index contributed by atoms with van der Waals surface area (Å²) in [4.78, 5) is 87.8. The van der Waals surface area contributed by atoms with Gasteiger partial charge in [-0.2, -0.15) is 41.8 Å². The molecule has 2 amide bonds. The number of nitrogens with zero attached hydrogens (tertiary/aromatic N) is 14. The molecule has 0 spiro atoms. The number of aromatic nitrogens is 5. The van der Waals surface area contributed by atoms with Crippen molar-refractivity contribution in [3.8, 4) is 0 Å². The summed E-state index contributed by atoms with van der Waals surface area (Å²) in [5, 5.41) is 51.4. The van der Waals surface area contributed by atoms with Gasteiger partial charge in [0.2, 0.25) is 28.1 Å². The van der Waals surface area contributed by atoms with Crippen molar-refractivity contribution >= 4 is 164 Å². The molecule has 2 aliphatic rings. The molecule has 2 fully saturated rings. The van der Waals surface area contributed by atoms with Crippen LogP contribution in [0.2, 0.25) is 0 Å². The van der Waals surface area contributed by atoms with Crippen LogP contribution in [0.15, 0.2) is 126 Å². The van der Waals surface area contributed by atoms with E-state index in [4.69, 9.17) is 44.6 Å². The lowest BCUT2D eigenvalue weighted by Gasteiger charge is -2.27. The van der Waals surface area contributed by atoms with Gasteiger partial charge in [0.1, 0.15) is 23.0 Å². The van der Waals surface area contributed by atoms with E-state index < -0.39 is 43.6 Å². The summed E-state index contributed by atoms with van der Waals surface area (Å²) >= 11 is 2.13. The summed E-state index contributed by atoms with van der Waals surface area (Å²) in [6.07, 6.45) is 2.82. The van der Waals surface area contributed by atoms with E-state index in [9.17, 15) is 55.3 Å². The number of ketones is 2. The number of azo groups is 2. The average Bonchev–Trinajstić information content (AvgIpc) is 1.74. The van der Waals surface area contributed by atoms with Gasteiger partial charge in [-0.25, -0.2) is 0 Å². The van der Waals surface area contributed by atoms with Gasteiger partial charge in [-0.15, -0.1) is 20.5 Å². The first-order chi connectivity index (χ1) is 47.5. The second kappa shape index (κ2) is 33.8. The third kappa shape index (κ3) is 19.4. The van der Waals surface area contributed by atoms with Gasteiger partial charge in [-0.05, 0) is 139 Å². The normalized spacial score (nSPS) is 14.0. The molecular weight excluding hydrogens is 1360 g/mol. The zero-order chi connectivity index (χ0) is 71.0. The molecule has 4 aromatic carbocycles. The van der Waals surface area contributed by atoms with Crippen molar-refractivity contribution in [2.45, 2.75) is 51.3 Å². The fraction of sp³-hybridized carbons (Fsp3) is 0.349. The van der Waals surface area contributed by atoms with Crippen LogP contribution in [0.25, 0.3) is 12.2 Å². The molecule has 8 N–H and O–H groups in total. The molecule has 32 nitrogen and oxygen atoms in total. The molecule has 0 bridgehead atoms. The van der Waals surface area contributed by atoms with Crippen LogP contribution in [0.5, 0.6) is 0 Å². The summed E-state index contributed by atoms with van der Waals surface area (Å²) in [5.74, 6) is -1.85. The van der Waals surface area contributed by atoms with E-state index in [1.807, 2.05) is 61.8 Å². The largest absolute Gasteiger partial charge is 0.395 e. The molecule has 99 heavy (non-hydrogen) atoms. The van der Waals surface area contributed by atoms with Crippen molar-refractivity contribution in [3.63, 3.8) is 0 Å². The second-order valence-electron chi connectivity index (χ2n) is 21.8. The predicted octanol–water partition coefficient (Wildman–Crippen LogP) is 8.97. The molecule has 36 heteroatoms. The van der Waals surface area contributed by atoms with Crippen molar-refractivity contribution in [3.05, 3.63) is 106 Å². The summed E-state index contributed by atoms with van der Waals surface area (Å²) in [6, 6.07) is 20.5. The average molecular weight is 1440 g/mol. The zero-order valence-corrected chi connectivity index (χ0v) is 58.1. The predicted molar refractivity (Wildman–Crippen MR) is 379 cm³/mol. The molecule has 524 valence electrons. The number of nitrogens with one attached hydrogen (secondary N) is 4. The highest BCUT2D eigenvalue weighted by Gasteiger charge is 2.27. The molecular formula is C63H74N18O14S4. The number of carbonyl (C=O) groups is 4. The van der Waals surface area contributed by atoms with E-state index in [0.29, 0.717) is 123 Å². The van der Waals surface area contributed by atoms with Gasteiger partial charge in [-0.3, -0.25) is 28.3 Å². The molecule has 3 aromatic heterocycles. The summed E-state index contributed by atoms with van der Waals surface area (Å²) < 4.78 is 76.8. The van der Waals surface area contributed by atoms with Gasteiger partial charge in [0.25, 0.3) is 32.1 Å². The topological polar surface area (TPSA) is 414 Å². The maximum absolute atomic E-state index is 13.7. The van der Waals surface area contributed by atoms with E-state index in [1.165, 1.54) is 50.3 Å². The number of benzene rings is 4. The molecule has 2 saturated heterocycles. The Labute approximate surface area is 578 Å². The quantitative estimate of drug-likeness (QED) is 0.00660. The lowest BCUT2D eigenvalue weighted by atomic mass is 10.1. The third-order valence-electron chi connectivity index (χ3n) is 15.3. The standard InChI is InChI=1S/C63H74N18O14S4/c1-7-77(8-2)43-15-21-49(73-75-62-68-55(79-25-31-94-32-26-79)53(96-62)37-47(39(5)84)57(86)64-41-11-17-45(18-12-41)98(88,89)90)51(35-43)66-59-70-60(72-61(71-59)81(23-29-82)24-30-83)67-52-36-44(78(9-3)10-4)16-22-50(52)74-76-63-69-56(80-27-33-95-34-28-80)54(97-63)38-48(40(6)85)58(87)65-42-13-19-46(20-14-42)99(91,92)93/h11-22,35-38,82-83H,7-10,23-34H2,1-6H3,(H,64,86)(H,65,87)(H,88,89,90)(H,91,92,93)(H2,66,67,70,71,72)/b47-37+,48-38?,75-73+,76-74+. The minimum atomic E-state index is -4.50. The molecule has 0 atom stereocenters. The van der Waals surface area contributed by atoms with E-state index in [1.54, 1.807) is 17.0 Å². The number of Topliss-reactive ketones (excluding diaryl/α,β-unsaturated/α-hetero) is 2. The molecule has 0 unspecified atom stereocenters. The highest BCUT2D eigenvalue weighted by Crippen LogP contribution is 2.41. The number of hydrogen-bond donors (Lipinski definition) is 8. The van der Waals surface area contributed by atoms with Gasteiger partial charge >= 0.3 is 0 Å². The Morgan fingerprint density at radius 1 is 0.535 bits per heavy atom. The third-order valence-corrected chi connectivity index (χ3v) is 18.8. The molecule has 0 aliphatic carbocycles. The first-order valence-electron chi connectivity index (χ1n) is 31.3. The van der Waals surface area contributed by atoms with Crippen LogP contribution in [0.1, 0.15) is 51.3 Å². The van der Waals surface area contributed by atoms with Crippen LogP contribution >= 0.6 is 22.7 Å².